The van der Waals surface area contributed by atoms with Gasteiger partial charge >= 0.3 is 0 Å². The van der Waals surface area contributed by atoms with Crippen LogP contribution in [0.5, 0.6) is 5.75 Å². The Balaban J connectivity index is -0.00000129. The summed E-state index contributed by atoms with van der Waals surface area (Å²) in [6.07, 6.45) is 1.39. The van der Waals surface area contributed by atoms with Gasteiger partial charge in [-0.15, -0.1) is 0 Å². The highest BCUT2D eigenvalue weighted by Gasteiger charge is 2.32. The smallest absolute Gasteiger partial charge is 0.259 e. The van der Waals surface area contributed by atoms with Crippen molar-refractivity contribution in [3.8, 4) is 17.1 Å². The molecule has 3 amide bonds. The molecule has 9 N–H and O–H groups in total. The van der Waals surface area contributed by atoms with Crippen LogP contribution in [0, 0.1) is 13.8 Å². The average Bonchev–Trinajstić information content (AvgIpc) is 1.63. The first-order chi connectivity index (χ1) is 41.1. The zero-order chi connectivity index (χ0) is 63.3. The van der Waals surface area contributed by atoms with Crippen molar-refractivity contribution in [1.82, 2.24) is 9.80 Å². The Hall–Kier alpha value is -8.24. The summed E-state index contributed by atoms with van der Waals surface area (Å²) < 4.78 is 97.8. The van der Waals surface area contributed by atoms with Crippen LogP contribution >= 0.6 is 0 Å². The minimum Gasteiger partial charge on any atom is -0.486 e. The number of benzene rings is 5. The second-order valence-corrected chi connectivity index (χ2v) is 25.9. The number of nitrogens with zero attached hydrogens (tertiary/aromatic N) is 2. The zero-order valence-electron chi connectivity index (χ0n) is 49.3. The molecule has 1 aliphatic rings. The topological polar surface area (TPSA) is 332 Å². The summed E-state index contributed by atoms with van der Waals surface area (Å²) in [4.78, 5) is 42.9. The number of furan rings is 3. The first-order valence-electron chi connectivity index (χ1n) is 27.5. The Morgan fingerprint density at radius 3 is 1.62 bits per heavy atom. The lowest BCUT2D eigenvalue weighted by Crippen LogP contribution is -2.36. The molecule has 0 aliphatic carbocycles. The van der Waals surface area contributed by atoms with E-state index in [1.165, 1.54) is 66.9 Å². The van der Waals surface area contributed by atoms with Crippen LogP contribution in [0.1, 0.15) is 113 Å². The van der Waals surface area contributed by atoms with Gasteiger partial charge in [0.25, 0.3) is 17.7 Å². The molecule has 1 fully saturated rings. The van der Waals surface area contributed by atoms with Crippen LogP contribution in [0.2, 0.25) is 0 Å². The number of carbonyl (C=O) groups excluding carboxylic acids is 3. The van der Waals surface area contributed by atoms with E-state index in [1.807, 2.05) is 96.1 Å². The van der Waals surface area contributed by atoms with Gasteiger partial charge in [0, 0.05) is 66.1 Å². The molecule has 1 saturated heterocycles. The number of rotatable bonds is 19. The van der Waals surface area contributed by atoms with Crippen LogP contribution in [0.15, 0.2) is 174 Å². The highest BCUT2D eigenvalue weighted by molar-refractivity contribution is 7.89. The number of ether oxygens (including phenoxy) is 2. The highest BCUT2D eigenvalue weighted by atomic mass is 32.2. The van der Waals surface area contributed by atoms with E-state index in [0.717, 1.165) is 48.6 Å². The van der Waals surface area contributed by atoms with Crippen molar-refractivity contribution in [3.05, 3.63) is 197 Å². The quantitative estimate of drug-likeness (QED) is 0.0438. The van der Waals surface area contributed by atoms with Gasteiger partial charge in [0.15, 0.2) is 5.76 Å². The van der Waals surface area contributed by atoms with Crippen molar-refractivity contribution in [3.63, 3.8) is 0 Å². The van der Waals surface area contributed by atoms with Crippen LogP contribution in [0.25, 0.3) is 11.3 Å². The van der Waals surface area contributed by atoms with Crippen LogP contribution < -0.4 is 36.1 Å². The summed E-state index contributed by atoms with van der Waals surface area (Å²) >= 11 is 0. The van der Waals surface area contributed by atoms with Crippen LogP contribution in [-0.4, -0.2) is 92.2 Å². The van der Waals surface area contributed by atoms with Gasteiger partial charge in [-0.2, -0.15) is 0 Å². The largest absolute Gasteiger partial charge is 0.486 e. The highest BCUT2D eigenvalue weighted by Crippen LogP contribution is 2.35. The maximum Gasteiger partial charge on any atom is 0.259 e. The number of sulfonamides is 3. The molecule has 0 atom stereocenters. The lowest BCUT2D eigenvalue weighted by Gasteiger charge is -2.28. The predicted octanol–water partition coefficient (Wildman–Crippen LogP) is 11.6. The Kier molecular flexibility index (Phi) is 22.1. The van der Waals surface area contributed by atoms with Gasteiger partial charge in [-0.1, -0.05) is 101 Å². The molecule has 22 nitrogen and oxygen atoms in total. The number of amides is 3. The molecule has 0 spiro atoms. The fourth-order valence-electron chi connectivity index (χ4n) is 9.04. The van der Waals surface area contributed by atoms with Crippen molar-refractivity contribution >= 4 is 64.9 Å². The average molecular weight is 1270 g/mol. The zero-order valence-corrected chi connectivity index (χ0v) is 51.7. The van der Waals surface area contributed by atoms with Crippen molar-refractivity contribution in [2.24, 2.45) is 15.4 Å². The van der Waals surface area contributed by atoms with Crippen molar-refractivity contribution in [2.75, 3.05) is 55.3 Å². The SMILES string of the molecule is CCN(CC)Cc1oc(-c2ccccc2)cc1C(=O)Nc1cccc(S(N)(=O)=O)c1.Cc1ccc(OCc2occc2C(=O)Nc2cccc(S(N)(=O)=O)c2)cc1.Cc1oc(C(C)(C)C)c(CN2CCOCC2)c1C(=O)Nc1cccc(S(N)(=O)=O)c1.[HH].[HH].[HH].[HH].[HH].[HH].[HH].[HH].[HH]. The van der Waals surface area contributed by atoms with Crippen LogP contribution in [0.3, 0.4) is 0 Å². The molecule has 25 heteroatoms. The summed E-state index contributed by atoms with van der Waals surface area (Å²) in [5.41, 5.74) is 4.72. The maximum absolute atomic E-state index is 13.2. The molecule has 480 valence electrons. The minimum absolute atomic E-state index is 0. The monoisotopic (exact) mass is 1270 g/mol. The lowest BCUT2D eigenvalue weighted by atomic mass is 9.88. The molecule has 0 bridgehead atoms. The molecule has 0 radical (unpaired) electrons. The molecule has 87 heavy (non-hydrogen) atoms. The van der Waals surface area contributed by atoms with Crippen molar-refractivity contribution in [1.29, 1.82) is 0 Å². The summed E-state index contributed by atoms with van der Waals surface area (Å²) in [6, 6.07) is 37.7. The van der Waals surface area contributed by atoms with E-state index in [4.69, 9.17) is 38.1 Å². The fraction of sp³-hybridized carbons (Fsp3) is 0.274. The number of primary sulfonamides is 3. The van der Waals surface area contributed by atoms with E-state index in [-0.39, 0.29) is 51.4 Å². The predicted molar refractivity (Wildman–Crippen MR) is 350 cm³/mol. The summed E-state index contributed by atoms with van der Waals surface area (Å²) in [5, 5.41) is 23.7. The first-order valence-corrected chi connectivity index (χ1v) is 32.2. The Morgan fingerprint density at radius 2 is 1.13 bits per heavy atom. The van der Waals surface area contributed by atoms with Gasteiger partial charge in [-0.05, 0) is 106 Å². The number of anilines is 3. The summed E-state index contributed by atoms with van der Waals surface area (Å²) in [7, 11) is -11.6. The molecule has 8 aromatic rings. The Bertz CT molecular complexity index is 4080. The Labute approximate surface area is 520 Å². The third-order valence-corrected chi connectivity index (χ3v) is 16.3. The summed E-state index contributed by atoms with van der Waals surface area (Å²) in [5.74, 6) is 2.30. The number of nitrogens with two attached hydrogens (primary N) is 3. The number of carbonyl (C=O) groups is 3. The van der Waals surface area contributed by atoms with Crippen LogP contribution in [-0.2, 0) is 59.9 Å². The standard InChI is InChI=1S/C22H25N3O4S.C21H29N3O5S.C19H18N2O5S.9H2/c1-3-25(4-2)15-21-19(14-20(29-21)16-9-6-5-7-10-16)22(26)24-17-11-8-12-18(13-17)30(23,27)28;1-14-18(20(25)23-15-6-5-7-16(12-15)30(22,26)27)17(19(29-14)21(2,3)4)13-24-8-10-28-11-9-24;1-13-5-7-15(8-6-13)26-12-18-17(9-10-25-18)19(22)21-14-3-2-4-16(11-14)27(20,23)24;;;;;;;;;/h5-14H,3-4,15H2,1-2H3,(H,24,26)(H2,23,27,28);5-7,12H,8-11,13H2,1-4H3,(H,23,25)(H2,22,26,27);2-11H,12H2,1H3,(H,21,22)(H2,20,23,24);9*1H. The molecule has 0 unspecified atom stereocenters. The van der Waals surface area contributed by atoms with E-state index in [2.05, 4.69) is 25.8 Å². The van der Waals surface area contributed by atoms with Gasteiger partial charge in [0.05, 0.1) is 57.4 Å². The number of morpholine rings is 1. The molecule has 4 heterocycles. The van der Waals surface area contributed by atoms with Gasteiger partial charge in [0.1, 0.15) is 35.4 Å². The van der Waals surface area contributed by atoms with E-state index >= 15 is 0 Å². The number of nitrogens with one attached hydrogen (secondary N) is 3. The number of hydrogen-bond donors (Lipinski definition) is 6. The van der Waals surface area contributed by atoms with E-state index in [1.54, 1.807) is 31.2 Å². The summed E-state index contributed by atoms with van der Waals surface area (Å²) in [6.45, 7) is 19.6. The second kappa shape index (κ2) is 29.0. The second-order valence-electron chi connectivity index (χ2n) is 21.2. The van der Waals surface area contributed by atoms with Crippen molar-refractivity contribution < 1.29 is 75.2 Å². The van der Waals surface area contributed by atoms with Crippen molar-refractivity contribution in [2.45, 2.75) is 88.3 Å². The molecule has 0 saturated carbocycles. The number of aryl methyl sites for hydroxylation is 2. The minimum atomic E-state index is -3.86. The van der Waals surface area contributed by atoms with Gasteiger partial charge in [-0.3, -0.25) is 24.2 Å². The maximum atomic E-state index is 13.2. The molecule has 3 aromatic heterocycles. The first kappa shape index (κ1) is 66.3. The van der Waals surface area contributed by atoms with Gasteiger partial charge in [0.2, 0.25) is 30.1 Å². The lowest BCUT2D eigenvalue weighted by molar-refractivity contribution is 0.0337. The third kappa shape index (κ3) is 18.6. The van der Waals surface area contributed by atoms with Crippen LogP contribution in [0.4, 0.5) is 17.1 Å². The third-order valence-electron chi connectivity index (χ3n) is 13.6. The number of hydrogen-bond acceptors (Lipinski definition) is 16. The van der Waals surface area contributed by atoms with Gasteiger partial charge < -0.3 is 38.7 Å². The molecule has 1 aliphatic heterocycles. The van der Waals surface area contributed by atoms with Gasteiger partial charge in [-0.25, -0.2) is 40.7 Å². The molecular weight excluding hydrogens is 1180 g/mol. The molecule has 9 rings (SSSR count). The van der Waals surface area contributed by atoms with E-state index in [0.29, 0.717) is 88.8 Å². The van der Waals surface area contributed by atoms with E-state index in [9.17, 15) is 39.6 Å². The normalized spacial score (nSPS) is 13.0. The molecule has 5 aromatic carbocycles. The Morgan fingerprint density at radius 1 is 0.621 bits per heavy atom. The van der Waals surface area contributed by atoms with E-state index < -0.39 is 36.0 Å². The fourth-order valence-corrected chi connectivity index (χ4v) is 10.7. The molecular formula is C62H90N8O14S3.